The van der Waals surface area contributed by atoms with Crippen LogP contribution >= 0.6 is 0 Å². The van der Waals surface area contributed by atoms with E-state index in [9.17, 15) is 0 Å². The molecule has 2 heterocycles. The summed E-state index contributed by atoms with van der Waals surface area (Å²) in [6.07, 6.45) is 3.32. The first kappa shape index (κ1) is 13.5. The molecule has 0 saturated carbocycles. The van der Waals surface area contributed by atoms with E-state index in [2.05, 4.69) is 18.9 Å². The zero-order chi connectivity index (χ0) is 12.2. The van der Waals surface area contributed by atoms with Crippen LogP contribution in [0.5, 0.6) is 0 Å². The standard InChI is InChI=1S/C11H20N2O.C2H6/c1-9-8-14-11(10(9)12)4-3-6-13(2)7-5-11;1-2/h3-8,12H2,1-2H3;1-2H3. The zero-order valence-electron chi connectivity index (χ0n) is 11.2. The van der Waals surface area contributed by atoms with Crippen molar-refractivity contribution in [2.75, 3.05) is 26.7 Å². The van der Waals surface area contributed by atoms with Gasteiger partial charge in [0.05, 0.1) is 6.61 Å². The minimum absolute atomic E-state index is 0.116. The van der Waals surface area contributed by atoms with Crippen LogP contribution in [-0.4, -0.2) is 37.2 Å². The van der Waals surface area contributed by atoms with Gasteiger partial charge in [-0.2, -0.15) is 0 Å². The minimum Gasteiger partial charge on any atom is -0.400 e. The van der Waals surface area contributed by atoms with Gasteiger partial charge in [-0.3, -0.25) is 0 Å². The highest BCUT2D eigenvalue weighted by Crippen LogP contribution is 2.37. The Hall–Kier alpha value is -0.540. The monoisotopic (exact) mass is 226 g/mol. The largest absolute Gasteiger partial charge is 0.400 e. The lowest BCUT2D eigenvalue weighted by Crippen LogP contribution is -2.36. The predicted octanol–water partition coefficient (Wildman–Crippen LogP) is 2.13. The lowest BCUT2D eigenvalue weighted by atomic mass is 9.91. The minimum atomic E-state index is -0.116. The molecule has 0 amide bonds. The van der Waals surface area contributed by atoms with Crippen LogP contribution in [0.1, 0.15) is 40.0 Å². The third-order valence-corrected chi connectivity index (χ3v) is 3.53. The Labute approximate surface area is 99.6 Å². The molecular weight excluding hydrogens is 200 g/mol. The molecule has 0 aromatic heterocycles. The fraction of sp³-hybridized carbons (Fsp3) is 0.846. The van der Waals surface area contributed by atoms with E-state index in [-0.39, 0.29) is 5.60 Å². The summed E-state index contributed by atoms with van der Waals surface area (Å²) in [5.41, 5.74) is 8.26. The summed E-state index contributed by atoms with van der Waals surface area (Å²) in [5, 5.41) is 0. The van der Waals surface area contributed by atoms with Gasteiger partial charge in [-0.25, -0.2) is 0 Å². The second-order valence-corrected chi connectivity index (χ2v) is 4.63. The van der Waals surface area contributed by atoms with Crippen molar-refractivity contribution >= 4 is 0 Å². The van der Waals surface area contributed by atoms with Crippen molar-refractivity contribution in [3.8, 4) is 0 Å². The molecule has 1 spiro atoms. The first-order chi connectivity index (χ1) is 7.64. The third kappa shape index (κ3) is 2.58. The van der Waals surface area contributed by atoms with Crippen LogP contribution < -0.4 is 5.73 Å². The number of nitrogens with two attached hydrogens (primary N) is 1. The fourth-order valence-electron chi connectivity index (χ4n) is 2.45. The summed E-state index contributed by atoms with van der Waals surface area (Å²) in [6.45, 7) is 9.07. The topological polar surface area (TPSA) is 38.5 Å². The molecule has 94 valence electrons. The van der Waals surface area contributed by atoms with E-state index in [4.69, 9.17) is 10.5 Å². The van der Waals surface area contributed by atoms with Crippen molar-refractivity contribution in [2.24, 2.45) is 5.73 Å². The Morgan fingerprint density at radius 2 is 1.94 bits per heavy atom. The fourth-order valence-corrected chi connectivity index (χ4v) is 2.45. The van der Waals surface area contributed by atoms with Crippen LogP contribution in [0, 0.1) is 0 Å². The summed E-state index contributed by atoms with van der Waals surface area (Å²) in [5.74, 6) is 0. The molecule has 2 rings (SSSR count). The number of rotatable bonds is 0. The summed E-state index contributed by atoms with van der Waals surface area (Å²) < 4.78 is 5.91. The molecule has 2 N–H and O–H groups in total. The summed E-state index contributed by atoms with van der Waals surface area (Å²) in [7, 11) is 2.17. The van der Waals surface area contributed by atoms with E-state index in [0.717, 1.165) is 38.2 Å². The molecule has 3 heteroatoms. The molecule has 0 bridgehead atoms. The molecule has 0 aromatic carbocycles. The number of likely N-dealkylation sites (tertiary alicyclic amines) is 1. The SMILES string of the molecule is CC.CC1=C(N)C2(CCCN(C)CC2)OC1. The Morgan fingerprint density at radius 3 is 2.50 bits per heavy atom. The van der Waals surface area contributed by atoms with Crippen LogP contribution in [0.25, 0.3) is 0 Å². The quantitative estimate of drug-likeness (QED) is 0.687. The van der Waals surface area contributed by atoms with Gasteiger partial charge in [0.2, 0.25) is 0 Å². The smallest absolute Gasteiger partial charge is 0.109 e. The van der Waals surface area contributed by atoms with Gasteiger partial charge in [0.1, 0.15) is 5.60 Å². The van der Waals surface area contributed by atoms with Crippen LogP contribution in [0.3, 0.4) is 0 Å². The average Bonchev–Trinajstić information content (AvgIpc) is 2.50. The van der Waals surface area contributed by atoms with E-state index in [1.165, 1.54) is 12.0 Å². The molecular formula is C13H26N2O. The Bertz CT molecular complexity index is 263. The van der Waals surface area contributed by atoms with Crippen molar-refractivity contribution in [1.29, 1.82) is 0 Å². The number of hydrogen-bond acceptors (Lipinski definition) is 3. The molecule has 1 unspecified atom stereocenters. The van der Waals surface area contributed by atoms with E-state index < -0.39 is 0 Å². The van der Waals surface area contributed by atoms with E-state index in [0.29, 0.717) is 0 Å². The van der Waals surface area contributed by atoms with Crippen molar-refractivity contribution < 1.29 is 4.74 Å². The van der Waals surface area contributed by atoms with Crippen LogP contribution in [-0.2, 0) is 4.74 Å². The lowest BCUT2D eigenvalue weighted by molar-refractivity contribution is 0.00539. The van der Waals surface area contributed by atoms with Gasteiger partial charge in [0.15, 0.2) is 0 Å². The van der Waals surface area contributed by atoms with Crippen LogP contribution in [0.4, 0.5) is 0 Å². The first-order valence-corrected chi connectivity index (χ1v) is 6.42. The van der Waals surface area contributed by atoms with Crippen LogP contribution in [0.15, 0.2) is 11.3 Å². The number of nitrogens with zero attached hydrogens (tertiary/aromatic N) is 1. The second kappa shape index (κ2) is 5.69. The van der Waals surface area contributed by atoms with E-state index in [1.54, 1.807) is 0 Å². The average molecular weight is 226 g/mol. The Morgan fingerprint density at radius 1 is 1.25 bits per heavy atom. The third-order valence-electron chi connectivity index (χ3n) is 3.53. The van der Waals surface area contributed by atoms with Crippen LogP contribution in [0.2, 0.25) is 0 Å². The van der Waals surface area contributed by atoms with Gasteiger partial charge in [0.25, 0.3) is 0 Å². The van der Waals surface area contributed by atoms with E-state index >= 15 is 0 Å². The zero-order valence-corrected chi connectivity index (χ0v) is 11.2. The molecule has 16 heavy (non-hydrogen) atoms. The van der Waals surface area contributed by atoms with Crippen molar-refractivity contribution in [1.82, 2.24) is 4.90 Å². The molecule has 1 fully saturated rings. The molecule has 2 aliphatic heterocycles. The number of ether oxygens (including phenoxy) is 1. The van der Waals surface area contributed by atoms with Gasteiger partial charge in [-0.15, -0.1) is 0 Å². The molecule has 1 saturated heterocycles. The van der Waals surface area contributed by atoms with Gasteiger partial charge in [-0.05, 0) is 45.4 Å². The maximum Gasteiger partial charge on any atom is 0.109 e. The molecule has 0 aromatic rings. The maximum absolute atomic E-state index is 6.14. The van der Waals surface area contributed by atoms with Gasteiger partial charge < -0.3 is 15.4 Å². The van der Waals surface area contributed by atoms with Crippen molar-refractivity contribution in [2.45, 2.75) is 45.6 Å². The molecule has 3 nitrogen and oxygen atoms in total. The highest BCUT2D eigenvalue weighted by atomic mass is 16.5. The summed E-state index contributed by atoms with van der Waals surface area (Å²) in [6, 6.07) is 0. The Balaban J connectivity index is 0.000000606. The summed E-state index contributed by atoms with van der Waals surface area (Å²) in [4.78, 5) is 2.36. The number of hydrogen-bond donors (Lipinski definition) is 1. The summed E-state index contributed by atoms with van der Waals surface area (Å²) >= 11 is 0. The molecule has 1 atom stereocenters. The molecule has 0 radical (unpaired) electrons. The highest BCUT2D eigenvalue weighted by Gasteiger charge is 2.40. The lowest BCUT2D eigenvalue weighted by Gasteiger charge is -2.28. The predicted molar refractivity (Wildman–Crippen MR) is 68.3 cm³/mol. The van der Waals surface area contributed by atoms with Gasteiger partial charge in [-0.1, -0.05) is 13.8 Å². The van der Waals surface area contributed by atoms with Gasteiger partial charge in [0, 0.05) is 12.2 Å². The maximum atomic E-state index is 6.14. The first-order valence-electron chi connectivity index (χ1n) is 6.42. The van der Waals surface area contributed by atoms with Gasteiger partial charge >= 0.3 is 0 Å². The normalized spacial score (nSPS) is 31.2. The second-order valence-electron chi connectivity index (χ2n) is 4.63. The highest BCUT2D eigenvalue weighted by molar-refractivity contribution is 5.25. The van der Waals surface area contributed by atoms with Crippen molar-refractivity contribution in [3.05, 3.63) is 11.3 Å². The van der Waals surface area contributed by atoms with Crippen molar-refractivity contribution in [3.63, 3.8) is 0 Å². The molecule has 2 aliphatic rings. The Kier molecular flexibility index (Phi) is 4.81. The molecule has 0 aliphatic carbocycles. The van der Waals surface area contributed by atoms with E-state index in [1.807, 2.05) is 13.8 Å².